The first kappa shape index (κ1) is 10.4. The maximum atomic E-state index is 6.22. The number of likely N-dealkylation sites (N-methyl/N-ethyl adjacent to an activating group) is 1. The van der Waals surface area contributed by atoms with Crippen LogP contribution in [0.2, 0.25) is 0 Å². The summed E-state index contributed by atoms with van der Waals surface area (Å²) in [5, 5.41) is 0. The minimum Gasteiger partial charge on any atom is -0.326 e. The molecule has 2 unspecified atom stereocenters. The fourth-order valence-corrected chi connectivity index (χ4v) is 2.77. The maximum absolute atomic E-state index is 6.22. The highest BCUT2D eigenvalue weighted by Crippen LogP contribution is 2.39. The molecule has 0 aromatic carbocycles. The Kier molecular flexibility index (Phi) is 2.61. The highest BCUT2D eigenvalue weighted by atomic mass is 15.2. The van der Waals surface area contributed by atoms with Crippen molar-refractivity contribution in [2.75, 3.05) is 7.05 Å². The first-order chi connectivity index (χ1) is 6.49. The summed E-state index contributed by atoms with van der Waals surface area (Å²) < 4.78 is 0. The molecular formula is C12H24N2. The molecule has 0 amide bonds. The predicted octanol–water partition coefficient (Wildman–Crippen LogP) is 1.99. The van der Waals surface area contributed by atoms with Crippen LogP contribution in [-0.4, -0.2) is 30.1 Å². The molecule has 0 saturated heterocycles. The van der Waals surface area contributed by atoms with Crippen molar-refractivity contribution in [2.24, 2.45) is 11.1 Å². The standard InChI is InChI=1S/C12H24N2/c1-12(2)7-6-10(13)11(8-12)14(3)9-4-5-9/h9-11H,4-8,13H2,1-3H3. The first-order valence-corrected chi connectivity index (χ1v) is 5.97. The SMILES string of the molecule is CN(C1CC1)C1CC(C)(C)CCC1N. The van der Waals surface area contributed by atoms with Crippen LogP contribution >= 0.6 is 0 Å². The van der Waals surface area contributed by atoms with Gasteiger partial charge in [0, 0.05) is 18.1 Å². The van der Waals surface area contributed by atoms with Crippen LogP contribution in [0.25, 0.3) is 0 Å². The quantitative estimate of drug-likeness (QED) is 0.732. The monoisotopic (exact) mass is 196 g/mol. The summed E-state index contributed by atoms with van der Waals surface area (Å²) in [5.41, 5.74) is 6.73. The predicted molar refractivity (Wildman–Crippen MR) is 60.2 cm³/mol. The van der Waals surface area contributed by atoms with Gasteiger partial charge in [0.25, 0.3) is 0 Å². The zero-order valence-corrected chi connectivity index (χ0v) is 9.79. The Morgan fingerprint density at radius 2 is 1.86 bits per heavy atom. The fourth-order valence-electron chi connectivity index (χ4n) is 2.77. The van der Waals surface area contributed by atoms with E-state index in [-0.39, 0.29) is 0 Å². The van der Waals surface area contributed by atoms with Crippen molar-refractivity contribution in [3.8, 4) is 0 Å². The smallest absolute Gasteiger partial charge is 0.0252 e. The van der Waals surface area contributed by atoms with E-state index in [1.54, 1.807) is 0 Å². The van der Waals surface area contributed by atoms with E-state index in [4.69, 9.17) is 5.73 Å². The van der Waals surface area contributed by atoms with Gasteiger partial charge < -0.3 is 5.73 Å². The van der Waals surface area contributed by atoms with Gasteiger partial charge in [0.15, 0.2) is 0 Å². The van der Waals surface area contributed by atoms with E-state index in [9.17, 15) is 0 Å². The maximum Gasteiger partial charge on any atom is 0.0252 e. The third-order valence-corrected chi connectivity index (χ3v) is 4.06. The number of hydrogen-bond acceptors (Lipinski definition) is 2. The lowest BCUT2D eigenvalue weighted by Crippen LogP contribution is -2.52. The molecule has 2 heteroatoms. The average Bonchev–Trinajstić information content (AvgIpc) is 2.91. The molecule has 2 fully saturated rings. The van der Waals surface area contributed by atoms with Gasteiger partial charge in [0.2, 0.25) is 0 Å². The number of hydrogen-bond donors (Lipinski definition) is 1. The Balaban J connectivity index is 2.00. The molecule has 2 N–H and O–H groups in total. The van der Waals surface area contributed by atoms with E-state index < -0.39 is 0 Å². The van der Waals surface area contributed by atoms with Crippen molar-refractivity contribution in [3.63, 3.8) is 0 Å². The second-order valence-electron chi connectivity index (χ2n) is 6.03. The molecule has 2 rings (SSSR count). The molecule has 0 aromatic rings. The summed E-state index contributed by atoms with van der Waals surface area (Å²) in [6.07, 6.45) is 6.55. The number of rotatable bonds is 2. The van der Waals surface area contributed by atoms with Crippen LogP contribution in [0.1, 0.15) is 46.0 Å². The molecule has 0 aliphatic heterocycles. The summed E-state index contributed by atoms with van der Waals surface area (Å²) in [4.78, 5) is 2.55. The van der Waals surface area contributed by atoms with Crippen LogP contribution < -0.4 is 5.73 Å². The lowest BCUT2D eigenvalue weighted by Gasteiger charge is -2.43. The zero-order valence-electron chi connectivity index (χ0n) is 9.79. The molecule has 0 heterocycles. The molecule has 82 valence electrons. The topological polar surface area (TPSA) is 29.3 Å². The summed E-state index contributed by atoms with van der Waals surface area (Å²) in [6.45, 7) is 4.76. The normalized spacial score (nSPS) is 37.5. The van der Waals surface area contributed by atoms with Gasteiger partial charge in [-0.1, -0.05) is 13.8 Å². The summed E-state index contributed by atoms with van der Waals surface area (Å²) in [5.74, 6) is 0. The number of nitrogens with two attached hydrogens (primary N) is 1. The van der Waals surface area contributed by atoms with Gasteiger partial charge in [0.1, 0.15) is 0 Å². The van der Waals surface area contributed by atoms with Crippen LogP contribution in [-0.2, 0) is 0 Å². The van der Waals surface area contributed by atoms with Gasteiger partial charge in [-0.15, -0.1) is 0 Å². The summed E-state index contributed by atoms with van der Waals surface area (Å²) >= 11 is 0. The molecule has 2 atom stereocenters. The van der Waals surface area contributed by atoms with Crippen LogP contribution in [0, 0.1) is 5.41 Å². The van der Waals surface area contributed by atoms with Crippen molar-refractivity contribution < 1.29 is 0 Å². The summed E-state index contributed by atoms with van der Waals surface area (Å²) in [6, 6.07) is 1.89. The number of nitrogens with zero attached hydrogens (tertiary/aromatic N) is 1. The molecule has 0 spiro atoms. The summed E-state index contributed by atoms with van der Waals surface area (Å²) in [7, 11) is 2.27. The molecule has 0 bridgehead atoms. The highest BCUT2D eigenvalue weighted by molar-refractivity contribution is 4.96. The third kappa shape index (κ3) is 2.12. The van der Waals surface area contributed by atoms with Crippen LogP contribution in [0.4, 0.5) is 0 Å². The fraction of sp³-hybridized carbons (Fsp3) is 1.00. The van der Waals surface area contributed by atoms with Gasteiger partial charge in [-0.3, -0.25) is 4.90 Å². The minimum absolute atomic E-state index is 0.411. The van der Waals surface area contributed by atoms with Gasteiger partial charge in [-0.2, -0.15) is 0 Å². The van der Waals surface area contributed by atoms with Crippen molar-refractivity contribution >= 4 is 0 Å². The Morgan fingerprint density at radius 1 is 1.21 bits per heavy atom. The molecular weight excluding hydrogens is 172 g/mol. The van der Waals surface area contributed by atoms with Crippen LogP contribution in [0.5, 0.6) is 0 Å². The Labute approximate surface area is 87.8 Å². The Bertz CT molecular complexity index is 208. The van der Waals surface area contributed by atoms with Crippen LogP contribution in [0.3, 0.4) is 0 Å². The molecule has 2 saturated carbocycles. The second kappa shape index (κ2) is 3.49. The molecule has 14 heavy (non-hydrogen) atoms. The second-order valence-corrected chi connectivity index (χ2v) is 6.03. The first-order valence-electron chi connectivity index (χ1n) is 5.97. The molecule has 0 aromatic heterocycles. The van der Waals surface area contributed by atoms with E-state index in [2.05, 4.69) is 25.8 Å². The van der Waals surface area contributed by atoms with E-state index in [0.29, 0.717) is 17.5 Å². The van der Waals surface area contributed by atoms with Crippen molar-refractivity contribution in [2.45, 2.75) is 64.1 Å². The lowest BCUT2D eigenvalue weighted by molar-refractivity contribution is 0.0913. The van der Waals surface area contributed by atoms with Gasteiger partial charge in [0.05, 0.1) is 0 Å². The van der Waals surface area contributed by atoms with E-state index in [0.717, 1.165) is 6.04 Å². The van der Waals surface area contributed by atoms with Gasteiger partial charge in [-0.25, -0.2) is 0 Å². The van der Waals surface area contributed by atoms with Gasteiger partial charge in [-0.05, 0) is 44.6 Å². The average molecular weight is 196 g/mol. The lowest BCUT2D eigenvalue weighted by atomic mass is 9.72. The largest absolute Gasteiger partial charge is 0.326 e. The zero-order chi connectivity index (χ0) is 10.3. The molecule has 2 aliphatic carbocycles. The van der Waals surface area contributed by atoms with Crippen molar-refractivity contribution in [1.29, 1.82) is 0 Å². The molecule has 2 nitrogen and oxygen atoms in total. The van der Waals surface area contributed by atoms with Crippen molar-refractivity contribution in [1.82, 2.24) is 4.90 Å². The molecule has 0 radical (unpaired) electrons. The van der Waals surface area contributed by atoms with E-state index in [1.165, 1.54) is 32.1 Å². The van der Waals surface area contributed by atoms with E-state index in [1.807, 2.05) is 0 Å². The third-order valence-electron chi connectivity index (χ3n) is 4.06. The molecule has 2 aliphatic rings. The highest BCUT2D eigenvalue weighted by Gasteiger charge is 2.39. The Morgan fingerprint density at radius 3 is 2.43 bits per heavy atom. The van der Waals surface area contributed by atoms with Gasteiger partial charge >= 0.3 is 0 Å². The van der Waals surface area contributed by atoms with Crippen molar-refractivity contribution in [3.05, 3.63) is 0 Å². The van der Waals surface area contributed by atoms with E-state index >= 15 is 0 Å². The minimum atomic E-state index is 0.411. The Hall–Kier alpha value is -0.0800. The van der Waals surface area contributed by atoms with Crippen LogP contribution in [0.15, 0.2) is 0 Å².